The molecule has 0 saturated heterocycles. The fraction of sp³-hybridized carbons (Fsp3) is 0.333. The van der Waals surface area contributed by atoms with E-state index in [-0.39, 0.29) is 0 Å². The SMILES string of the molecule is Cc1ccc(C(F)(F)F)cc1C#CCCS. The normalized spacial score (nSPS) is 10.8. The number of rotatable bonds is 1. The summed E-state index contributed by atoms with van der Waals surface area (Å²) in [4.78, 5) is 0. The van der Waals surface area contributed by atoms with E-state index < -0.39 is 11.7 Å². The maximum absolute atomic E-state index is 12.4. The third kappa shape index (κ3) is 3.49. The van der Waals surface area contributed by atoms with Gasteiger partial charge in [0.05, 0.1) is 5.56 Å². The highest BCUT2D eigenvalue weighted by atomic mass is 32.1. The van der Waals surface area contributed by atoms with Gasteiger partial charge in [-0.25, -0.2) is 0 Å². The van der Waals surface area contributed by atoms with Crippen LogP contribution in [0.2, 0.25) is 0 Å². The molecule has 0 nitrogen and oxygen atoms in total. The van der Waals surface area contributed by atoms with Crippen LogP contribution in [0.15, 0.2) is 18.2 Å². The second-order valence-electron chi connectivity index (χ2n) is 3.30. The average Bonchev–Trinajstić information content (AvgIpc) is 2.19. The first-order valence-electron chi connectivity index (χ1n) is 4.72. The molecule has 0 spiro atoms. The molecule has 86 valence electrons. The number of thiol groups is 1. The van der Waals surface area contributed by atoms with Crippen molar-refractivity contribution < 1.29 is 13.2 Å². The van der Waals surface area contributed by atoms with Gasteiger partial charge in [-0.05, 0) is 24.6 Å². The van der Waals surface area contributed by atoms with E-state index in [0.29, 0.717) is 17.7 Å². The summed E-state index contributed by atoms with van der Waals surface area (Å²) >= 11 is 3.98. The summed E-state index contributed by atoms with van der Waals surface area (Å²) in [7, 11) is 0. The lowest BCUT2D eigenvalue weighted by atomic mass is 10.0. The number of hydrogen-bond donors (Lipinski definition) is 1. The van der Waals surface area contributed by atoms with E-state index in [0.717, 1.165) is 17.7 Å². The molecule has 1 rings (SSSR count). The molecule has 0 bridgehead atoms. The molecule has 4 heteroatoms. The summed E-state index contributed by atoms with van der Waals surface area (Å²) in [6.07, 6.45) is -3.74. The number of benzene rings is 1. The number of alkyl halides is 3. The fourth-order valence-electron chi connectivity index (χ4n) is 1.15. The summed E-state index contributed by atoms with van der Waals surface area (Å²) in [5.41, 5.74) is 0.518. The first-order chi connectivity index (χ1) is 7.45. The predicted octanol–water partition coefficient (Wildman–Crippen LogP) is 3.69. The van der Waals surface area contributed by atoms with Gasteiger partial charge in [-0.15, -0.1) is 0 Å². The predicted molar refractivity (Wildman–Crippen MR) is 61.5 cm³/mol. The molecule has 1 aromatic carbocycles. The molecule has 0 heterocycles. The van der Waals surface area contributed by atoms with Gasteiger partial charge in [0.15, 0.2) is 0 Å². The zero-order valence-electron chi connectivity index (χ0n) is 8.73. The van der Waals surface area contributed by atoms with E-state index in [1.165, 1.54) is 6.07 Å². The Morgan fingerprint density at radius 1 is 1.31 bits per heavy atom. The molecule has 0 aromatic heterocycles. The maximum atomic E-state index is 12.4. The Morgan fingerprint density at radius 3 is 2.56 bits per heavy atom. The van der Waals surface area contributed by atoms with Crippen LogP contribution in [-0.4, -0.2) is 5.75 Å². The Labute approximate surface area is 98.3 Å². The molecule has 0 amide bonds. The monoisotopic (exact) mass is 244 g/mol. The van der Waals surface area contributed by atoms with E-state index in [2.05, 4.69) is 24.5 Å². The van der Waals surface area contributed by atoms with Crippen molar-refractivity contribution >= 4 is 12.6 Å². The number of aryl methyl sites for hydroxylation is 1. The minimum atomic E-state index is -4.31. The van der Waals surface area contributed by atoms with Crippen molar-refractivity contribution in [2.75, 3.05) is 5.75 Å². The Morgan fingerprint density at radius 2 is 2.00 bits per heavy atom. The van der Waals surface area contributed by atoms with Crippen molar-refractivity contribution in [2.24, 2.45) is 0 Å². The van der Waals surface area contributed by atoms with E-state index in [9.17, 15) is 13.2 Å². The van der Waals surface area contributed by atoms with Crippen molar-refractivity contribution in [1.82, 2.24) is 0 Å². The Hall–Kier alpha value is -1.08. The molecular weight excluding hydrogens is 233 g/mol. The van der Waals surface area contributed by atoms with Crippen LogP contribution >= 0.6 is 12.6 Å². The molecule has 16 heavy (non-hydrogen) atoms. The molecule has 0 aliphatic rings. The molecular formula is C12H11F3S. The third-order valence-electron chi connectivity index (χ3n) is 2.02. The minimum absolute atomic E-state index is 0.427. The largest absolute Gasteiger partial charge is 0.416 e. The summed E-state index contributed by atoms with van der Waals surface area (Å²) in [5, 5.41) is 0. The molecule has 0 aliphatic carbocycles. The van der Waals surface area contributed by atoms with Crippen LogP contribution in [-0.2, 0) is 6.18 Å². The van der Waals surface area contributed by atoms with Crippen LogP contribution < -0.4 is 0 Å². The lowest BCUT2D eigenvalue weighted by Gasteiger charge is -2.07. The van der Waals surface area contributed by atoms with Crippen molar-refractivity contribution in [3.05, 3.63) is 34.9 Å². The number of hydrogen-bond acceptors (Lipinski definition) is 1. The highest BCUT2D eigenvalue weighted by Gasteiger charge is 2.30. The van der Waals surface area contributed by atoms with Crippen LogP contribution in [0, 0.1) is 18.8 Å². The second-order valence-corrected chi connectivity index (χ2v) is 3.75. The molecule has 1 aromatic rings. The topological polar surface area (TPSA) is 0 Å². The van der Waals surface area contributed by atoms with Crippen molar-refractivity contribution in [3.8, 4) is 11.8 Å². The van der Waals surface area contributed by atoms with Crippen LogP contribution in [0.5, 0.6) is 0 Å². The first-order valence-corrected chi connectivity index (χ1v) is 5.36. The summed E-state index contributed by atoms with van der Waals surface area (Å²) < 4.78 is 37.3. The van der Waals surface area contributed by atoms with E-state index in [1.54, 1.807) is 6.92 Å². The summed E-state index contributed by atoms with van der Waals surface area (Å²) in [5.74, 6) is 6.11. The zero-order valence-corrected chi connectivity index (χ0v) is 9.62. The van der Waals surface area contributed by atoms with Crippen LogP contribution in [0.25, 0.3) is 0 Å². The molecule has 0 saturated carbocycles. The van der Waals surface area contributed by atoms with Gasteiger partial charge in [0.25, 0.3) is 0 Å². The summed E-state index contributed by atoms with van der Waals surface area (Å²) in [6.45, 7) is 1.74. The van der Waals surface area contributed by atoms with Crippen LogP contribution in [0.3, 0.4) is 0 Å². The fourth-order valence-corrected chi connectivity index (χ4v) is 1.26. The molecule has 0 unspecified atom stereocenters. The molecule has 0 atom stereocenters. The van der Waals surface area contributed by atoms with Crippen molar-refractivity contribution in [3.63, 3.8) is 0 Å². The van der Waals surface area contributed by atoms with Gasteiger partial charge < -0.3 is 0 Å². The second kappa shape index (κ2) is 5.31. The smallest absolute Gasteiger partial charge is 0.178 e. The standard InChI is InChI=1S/C12H11F3S/c1-9-5-6-11(12(13,14)15)8-10(9)4-2-3-7-16/h5-6,8,16H,3,7H2,1H3. The molecule has 0 N–H and O–H groups in total. The van der Waals surface area contributed by atoms with Crippen LogP contribution in [0.1, 0.15) is 23.1 Å². The zero-order chi connectivity index (χ0) is 12.2. The van der Waals surface area contributed by atoms with E-state index in [4.69, 9.17) is 0 Å². The highest BCUT2D eigenvalue weighted by Crippen LogP contribution is 2.30. The average molecular weight is 244 g/mol. The lowest BCUT2D eigenvalue weighted by molar-refractivity contribution is -0.137. The molecule has 0 fully saturated rings. The third-order valence-corrected chi connectivity index (χ3v) is 2.25. The van der Waals surface area contributed by atoms with Crippen molar-refractivity contribution in [1.29, 1.82) is 0 Å². The van der Waals surface area contributed by atoms with Gasteiger partial charge in [0.1, 0.15) is 0 Å². The quantitative estimate of drug-likeness (QED) is 0.565. The van der Waals surface area contributed by atoms with Gasteiger partial charge >= 0.3 is 6.18 Å². The highest BCUT2D eigenvalue weighted by molar-refractivity contribution is 7.80. The Kier molecular flexibility index (Phi) is 4.31. The Bertz CT molecular complexity index is 424. The molecule has 0 radical (unpaired) electrons. The lowest BCUT2D eigenvalue weighted by Crippen LogP contribution is -2.05. The van der Waals surface area contributed by atoms with Gasteiger partial charge in [-0.2, -0.15) is 25.8 Å². The van der Waals surface area contributed by atoms with E-state index in [1.807, 2.05) is 0 Å². The van der Waals surface area contributed by atoms with Gasteiger partial charge in [-0.1, -0.05) is 17.9 Å². The first kappa shape index (κ1) is 13.0. The van der Waals surface area contributed by atoms with Crippen molar-refractivity contribution in [2.45, 2.75) is 19.5 Å². The van der Waals surface area contributed by atoms with Crippen LogP contribution in [0.4, 0.5) is 13.2 Å². The molecule has 0 aliphatic heterocycles. The number of halogens is 3. The Balaban J connectivity index is 3.06. The minimum Gasteiger partial charge on any atom is -0.178 e. The van der Waals surface area contributed by atoms with E-state index >= 15 is 0 Å². The summed E-state index contributed by atoms with van der Waals surface area (Å²) in [6, 6.07) is 3.59. The van der Waals surface area contributed by atoms with Gasteiger partial charge in [0, 0.05) is 17.7 Å². The maximum Gasteiger partial charge on any atom is 0.416 e. The van der Waals surface area contributed by atoms with Gasteiger partial charge in [0.2, 0.25) is 0 Å². The van der Waals surface area contributed by atoms with Gasteiger partial charge in [-0.3, -0.25) is 0 Å².